The van der Waals surface area contributed by atoms with E-state index >= 15 is 0 Å². The van der Waals surface area contributed by atoms with Crippen LogP contribution in [0.1, 0.15) is 31.4 Å². The van der Waals surface area contributed by atoms with E-state index in [9.17, 15) is 18.8 Å². The van der Waals surface area contributed by atoms with Crippen molar-refractivity contribution < 1.29 is 4.39 Å². The summed E-state index contributed by atoms with van der Waals surface area (Å²) in [5.41, 5.74) is 0.433. The van der Waals surface area contributed by atoms with E-state index in [1.165, 1.54) is 32.9 Å². The van der Waals surface area contributed by atoms with Gasteiger partial charge in [0.05, 0.1) is 17.1 Å². The number of aromatic nitrogens is 3. The van der Waals surface area contributed by atoms with Crippen LogP contribution in [0.4, 0.5) is 15.8 Å². The van der Waals surface area contributed by atoms with Gasteiger partial charge in [-0.25, -0.2) is 13.8 Å². The molecule has 33 heavy (non-hydrogen) atoms. The summed E-state index contributed by atoms with van der Waals surface area (Å²) in [6.07, 6.45) is 2.15. The van der Waals surface area contributed by atoms with Crippen molar-refractivity contribution >= 4 is 22.4 Å². The Morgan fingerprint density at radius 1 is 1.00 bits per heavy atom. The molecule has 168 valence electrons. The molecular weight excluding hydrogens is 423 g/mol. The first-order chi connectivity index (χ1) is 15.9. The second kappa shape index (κ2) is 7.88. The molecule has 1 N–H and O–H groups in total. The van der Waals surface area contributed by atoms with Crippen molar-refractivity contribution in [2.24, 2.45) is 7.05 Å². The maximum atomic E-state index is 14.7. The maximum absolute atomic E-state index is 14.7. The molecule has 5 rings (SSSR count). The summed E-state index contributed by atoms with van der Waals surface area (Å²) in [7, 11) is 1.52. The molecule has 4 aromatic rings. The molecule has 1 fully saturated rings. The Hall–Kier alpha value is -3.94. The fourth-order valence-corrected chi connectivity index (χ4v) is 4.15. The number of hydrogen-bond acceptors (Lipinski definition) is 4. The van der Waals surface area contributed by atoms with Crippen LogP contribution in [0.3, 0.4) is 0 Å². The zero-order chi connectivity index (χ0) is 23.3. The predicted molar refractivity (Wildman–Crippen MR) is 126 cm³/mol. The highest BCUT2D eigenvalue weighted by Crippen LogP contribution is 2.33. The first kappa shape index (κ1) is 20.9. The van der Waals surface area contributed by atoms with Gasteiger partial charge in [0.1, 0.15) is 16.9 Å². The highest BCUT2D eigenvalue weighted by Gasteiger charge is 2.31. The molecular formula is C25H23FN4O3. The highest BCUT2D eigenvalue weighted by molar-refractivity contribution is 5.91. The van der Waals surface area contributed by atoms with Crippen molar-refractivity contribution in [1.29, 1.82) is 0 Å². The van der Waals surface area contributed by atoms with Crippen molar-refractivity contribution in [2.45, 2.75) is 32.2 Å². The van der Waals surface area contributed by atoms with Gasteiger partial charge in [-0.3, -0.25) is 18.7 Å². The Labute approximate surface area is 188 Å². The lowest BCUT2D eigenvalue weighted by Crippen LogP contribution is -2.41. The zero-order valence-electron chi connectivity index (χ0n) is 18.3. The molecule has 0 aliphatic heterocycles. The minimum atomic E-state index is -0.494. The third-order valence-corrected chi connectivity index (χ3v) is 6.09. The monoisotopic (exact) mass is 446 g/mol. The van der Waals surface area contributed by atoms with Gasteiger partial charge in [-0.1, -0.05) is 31.2 Å². The van der Waals surface area contributed by atoms with Crippen molar-refractivity contribution in [1.82, 2.24) is 13.7 Å². The van der Waals surface area contributed by atoms with Gasteiger partial charge in [-0.05, 0) is 49.1 Å². The lowest BCUT2D eigenvalue weighted by molar-refractivity contribution is 0.629. The fourth-order valence-electron chi connectivity index (χ4n) is 4.15. The van der Waals surface area contributed by atoms with Gasteiger partial charge < -0.3 is 5.32 Å². The summed E-state index contributed by atoms with van der Waals surface area (Å²) in [4.78, 5) is 39.9. The number of benzene rings is 2. The number of hydrogen-bond donors (Lipinski definition) is 1. The third kappa shape index (κ3) is 3.47. The van der Waals surface area contributed by atoms with Gasteiger partial charge in [-0.2, -0.15) is 0 Å². The number of rotatable bonds is 5. The standard InChI is InChI=1S/C25H23FN4O3/c1-3-15-9-12-19(18(26)13-15)27-20-14-21(31)28(2)23-22(20)24(32)30(17-10-11-17)25(33)29(23)16-7-5-4-6-8-16/h4-9,12-14,17,27H,3,10-11H2,1-2H3. The predicted octanol–water partition coefficient (Wildman–Crippen LogP) is 3.63. The van der Waals surface area contributed by atoms with Gasteiger partial charge in [0, 0.05) is 19.2 Å². The largest absolute Gasteiger partial charge is 0.352 e. The number of nitrogens with zero attached hydrogens (tertiary/aromatic N) is 3. The normalized spacial score (nSPS) is 13.4. The first-order valence-corrected chi connectivity index (χ1v) is 10.9. The van der Waals surface area contributed by atoms with Crippen LogP contribution in [0.2, 0.25) is 0 Å². The van der Waals surface area contributed by atoms with Crippen molar-refractivity contribution in [3.8, 4) is 5.69 Å². The number of pyridine rings is 1. The minimum Gasteiger partial charge on any atom is -0.352 e. The lowest BCUT2D eigenvalue weighted by atomic mass is 10.1. The average Bonchev–Trinajstić information content (AvgIpc) is 3.64. The average molecular weight is 446 g/mol. The van der Waals surface area contributed by atoms with Gasteiger partial charge in [0.2, 0.25) is 0 Å². The molecule has 2 aromatic carbocycles. The number of nitrogens with one attached hydrogen (secondary N) is 1. The van der Waals surface area contributed by atoms with Crippen LogP contribution in [-0.2, 0) is 13.5 Å². The molecule has 2 heterocycles. The van der Waals surface area contributed by atoms with E-state index in [0.29, 0.717) is 12.1 Å². The molecule has 0 saturated heterocycles. The Bertz CT molecular complexity index is 1560. The Balaban J connectivity index is 1.87. The fraction of sp³-hybridized carbons (Fsp3) is 0.240. The number of anilines is 2. The molecule has 0 spiro atoms. The van der Waals surface area contributed by atoms with Gasteiger partial charge >= 0.3 is 5.69 Å². The van der Waals surface area contributed by atoms with E-state index in [4.69, 9.17) is 0 Å². The topological polar surface area (TPSA) is 78.0 Å². The van der Waals surface area contributed by atoms with E-state index < -0.39 is 22.6 Å². The van der Waals surface area contributed by atoms with Crippen molar-refractivity contribution in [3.05, 3.63) is 97.2 Å². The smallest absolute Gasteiger partial charge is 0.337 e. The van der Waals surface area contributed by atoms with E-state index in [0.717, 1.165) is 18.4 Å². The molecule has 0 bridgehead atoms. The molecule has 0 amide bonds. The van der Waals surface area contributed by atoms with Crippen LogP contribution in [-0.4, -0.2) is 13.7 Å². The molecule has 0 atom stereocenters. The summed E-state index contributed by atoms with van der Waals surface area (Å²) < 4.78 is 18.7. The van der Waals surface area contributed by atoms with Crippen LogP contribution in [0, 0.1) is 5.82 Å². The second-order valence-corrected chi connectivity index (χ2v) is 8.31. The van der Waals surface area contributed by atoms with Gasteiger partial charge in [-0.15, -0.1) is 0 Å². The van der Waals surface area contributed by atoms with E-state index in [-0.39, 0.29) is 28.5 Å². The summed E-state index contributed by atoms with van der Waals surface area (Å²) >= 11 is 0. The minimum absolute atomic E-state index is 0.150. The van der Waals surface area contributed by atoms with Crippen LogP contribution < -0.4 is 22.1 Å². The summed E-state index contributed by atoms with van der Waals surface area (Å²) in [5, 5.41) is 3.10. The molecule has 0 unspecified atom stereocenters. The van der Waals surface area contributed by atoms with Crippen LogP contribution >= 0.6 is 0 Å². The van der Waals surface area contributed by atoms with E-state index in [1.54, 1.807) is 36.4 Å². The quantitative estimate of drug-likeness (QED) is 0.508. The molecule has 0 radical (unpaired) electrons. The van der Waals surface area contributed by atoms with Crippen LogP contribution in [0.25, 0.3) is 16.7 Å². The molecule has 2 aromatic heterocycles. The molecule has 1 aliphatic rings. The summed E-state index contributed by atoms with van der Waals surface area (Å²) in [6, 6.07) is 14.8. The van der Waals surface area contributed by atoms with E-state index in [2.05, 4.69) is 5.32 Å². The van der Waals surface area contributed by atoms with Crippen molar-refractivity contribution in [3.63, 3.8) is 0 Å². The number of para-hydroxylation sites is 1. The Morgan fingerprint density at radius 3 is 2.36 bits per heavy atom. The SMILES string of the molecule is CCc1ccc(Nc2cc(=O)n(C)c3c2c(=O)n(C2CC2)c(=O)n3-c2ccccc2)c(F)c1. The number of halogens is 1. The first-order valence-electron chi connectivity index (χ1n) is 10.9. The molecule has 1 saturated carbocycles. The second-order valence-electron chi connectivity index (χ2n) is 8.31. The molecule has 7 nitrogen and oxygen atoms in total. The van der Waals surface area contributed by atoms with Gasteiger partial charge in [0.15, 0.2) is 0 Å². The highest BCUT2D eigenvalue weighted by atomic mass is 19.1. The summed E-state index contributed by atoms with van der Waals surface area (Å²) in [5.74, 6) is -0.484. The van der Waals surface area contributed by atoms with Crippen molar-refractivity contribution in [2.75, 3.05) is 5.32 Å². The number of fused-ring (bicyclic) bond motifs is 1. The summed E-state index contributed by atoms with van der Waals surface area (Å²) in [6.45, 7) is 1.93. The van der Waals surface area contributed by atoms with Gasteiger partial charge in [0.25, 0.3) is 11.1 Å². The Kier molecular flexibility index (Phi) is 5.00. The Morgan fingerprint density at radius 2 is 1.73 bits per heavy atom. The van der Waals surface area contributed by atoms with Crippen LogP contribution in [0.15, 0.2) is 69.0 Å². The molecule has 1 aliphatic carbocycles. The van der Waals surface area contributed by atoms with Crippen LogP contribution in [0.5, 0.6) is 0 Å². The maximum Gasteiger partial charge on any atom is 0.337 e. The van der Waals surface area contributed by atoms with E-state index in [1.807, 2.05) is 13.0 Å². The third-order valence-electron chi connectivity index (χ3n) is 6.09. The lowest BCUT2D eigenvalue weighted by Gasteiger charge is -2.19. The number of aryl methyl sites for hydroxylation is 2. The zero-order valence-corrected chi connectivity index (χ0v) is 18.3. The molecule has 8 heteroatoms.